The van der Waals surface area contributed by atoms with E-state index in [9.17, 15) is 0 Å². The van der Waals surface area contributed by atoms with Gasteiger partial charge in [0, 0.05) is 25.2 Å². The van der Waals surface area contributed by atoms with Crippen LogP contribution < -0.4 is 9.64 Å². The number of benzene rings is 1. The van der Waals surface area contributed by atoms with Gasteiger partial charge in [-0.05, 0) is 57.1 Å². The Kier molecular flexibility index (Phi) is 5.00. The summed E-state index contributed by atoms with van der Waals surface area (Å²) in [6.07, 6.45) is 2.44. The maximum Gasteiger partial charge on any atom is 0.151 e. The number of nitrogens with zero attached hydrogens (tertiary/aromatic N) is 4. The first-order valence-corrected chi connectivity index (χ1v) is 8.49. The van der Waals surface area contributed by atoms with Gasteiger partial charge >= 0.3 is 0 Å². The Morgan fingerprint density at radius 1 is 1.21 bits per heavy atom. The van der Waals surface area contributed by atoms with Crippen LogP contribution in [-0.2, 0) is 0 Å². The summed E-state index contributed by atoms with van der Waals surface area (Å²) in [7, 11) is 5.98. The molecular formula is C19H26N4O. The zero-order valence-corrected chi connectivity index (χ0v) is 15.0. The standard InChI is InChI=1S/C19H26N4O/c1-14-7-5-9-17(24-4)19(14)16-10-11-18(21-20-16)23(3)15-8-6-12-22(2)13-15/h5,7,9-11,15H,6,8,12-13H2,1-4H3/t15-/m1/s1. The highest BCUT2D eigenvalue weighted by atomic mass is 16.5. The second-order valence-electron chi connectivity index (χ2n) is 6.60. The fourth-order valence-electron chi connectivity index (χ4n) is 3.43. The summed E-state index contributed by atoms with van der Waals surface area (Å²) in [5.74, 6) is 1.76. The number of rotatable bonds is 4. The molecular weight excluding hydrogens is 300 g/mol. The van der Waals surface area contributed by atoms with Crippen molar-refractivity contribution in [2.75, 3.05) is 39.2 Å². The molecule has 0 radical (unpaired) electrons. The molecule has 1 aromatic heterocycles. The highest BCUT2D eigenvalue weighted by Crippen LogP contribution is 2.32. The van der Waals surface area contributed by atoms with Crippen LogP contribution in [-0.4, -0.2) is 55.4 Å². The van der Waals surface area contributed by atoms with Gasteiger partial charge in [-0.3, -0.25) is 0 Å². The molecule has 0 unspecified atom stereocenters. The molecule has 1 aliphatic heterocycles. The van der Waals surface area contributed by atoms with E-state index in [-0.39, 0.29) is 0 Å². The molecule has 24 heavy (non-hydrogen) atoms. The summed E-state index contributed by atoms with van der Waals surface area (Å²) in [5.41, 5.74) is 3.00. The molecule has 1 aromatic carbocycles. The number of aromatic nitrogens is 2. The van der Waals surface area contributed by atoms with Gasteiger partial charge < -0.3 is 14.5 Å². The van der Waals surface area contributed by atoms with E-state index < -0.39 is 0 Å². The molecule has 1 saturated heterocycles. The van der Waals surface area contributed by atoms with Gasteiger partial charge in [-0.1, -0.05) is 12.1 Å². The molecule has 2 heterocycles. The third kappa shape index (κ3) is 3.36. The van der Waals surface area contributed by atoms with Gasteiger partial charge in [0.05, 0.1) is 12.8 Å². The molecule has 128 valence electrons. The lowest BCUT2D eigenvalue weighted by molar-refractivity contribution is 0.247. The smallest absolute Gasteiger partial charge is 0.151 e. The topological polar surface area (TPSA) is 41.5 Å². The molecule has 0 N–H and O–H groups in total. The Balaban J connectivity index is 1.83. The summed E-state index contributed by atoms with van der Waals surface area (Å²) < 4.78 is 5.48. The van der Waals surface area contributed by atoms with Gasteiger partial charge in [-0.25, -0.2) is 0 Å². The Morgan fingerprint density at radius 2 is 2.04 bits per heavy atom. The fourth-order valence-corrected chi connectivity index (χ4v) is 3.43. The van der Waals surface area contributed by atoms with Gasteiger partial charge in [-0.2, -0.15) is 0 Å². The summed E-state index contributed by atoms with van der Waals surface area (Å²) in [6, 6.07) is 10.6. The lowest BCUT2D eigenvalue weighted by Gasteiger charge is -2.36. The Morgan fingerprint density at radius 3 is 2.71 bits per heavy atom. The van der Waals surface area contributed by atoms with Gasteiger partial charge in [0.2, 0.25) is 0 Å². The first-order chi connectivity index (χ1) is 11.6. The summed E-state index contributed by atoms with van der Waals surface area (Å²) >= 11 is 0. The van der Waals surface area contributed by atoms with Gasteiger partial charge in [-0.15, -0.1) is 10.2 Å². The van der Waals surface area contributed by atoms with E-state index >= 15 is 0 Å². The predicted molar refractivity (Wildman–Crippen MR) is 97.7 cm³/mol. The zero-order valence-electron chi connectivity index (χ0n) is 15.0. The number of hydrogen-bond donors (Lipinski definition) is 0. The number of likely N-dealkylation sites (N-methyl/N-ethyl adjacent to an activating group) is 2. The number of methoxy groups -OCH3 is 1. The first kappa shape index (κ1) is 16.7. The molecule has 0 bridgehead atoms. The number of aryl methyl sites for hydroxylation is 1. The highest BCUT2D eigenvalue weighted by Gasteiger charge is 2.22. The summed E-state index contributed by atoms with van der Waals surface area (Å²) in [6.45, 7) is 4.32. The van der Waals surface area contributed by atoms with Crippen molar-refractivity contribution in [1.29, 1.82) is 0 Å². The van der Waals surface area contributed by atoms with E-state index in [1.807, 2.05) is 18.2 Å². The molecule has 0 aliphatic carbocycles. The van der Waals surface area contributed by atoms with Crippen molar-refractivity contribution in [2.24, 2.45) is 0 Å². The number of anilines is 1. The van der Waals surface area contributed by atoms with Crippen LogP contribution in [0.25, 0.3) is 11.3 Å². The van der Waals surface area contributed by atoms with Crippen LogP contribution >= 0.6 is 0 Å². The first-order valence-electron chi connectivity index (χ1n) is 8.49. The number of hydrogen-bond acceptors (Lipinski definition) is 5. The molecule has 0 amide bonds. The molecule has 5 heteroatoms. The van der Waals surface area contributed by atoms with Crippen LogP contribution in [0.15, 0.2) is 30.3 Å². The fraction of sp³-hybridized carbons (Fsp3) is 0.474. The lowest BCUT2D eigenvalue weighted by atomic mass is 10.0. The van der Waals surface area contributed by atoms with E-state index in [0.29, 0.717) is 6.04 Å². The minimum absolute atomic E-state index is 0.497. The van der Waals surface area contributed by atoms with Crippen molar-refractivity contribution in [1.82, 2.24) is 15.1 Å². The Bertz CT molecular complexity index is 686. The Labute approximate surface area is 144 Å². The molecule has 1 fully saturated rings. The van der Waals surface area contributed by atoms with Crippen molar-refractivity contribution in [3.8, 4) is 17.0 Å². The van der Waals surface area contributed by atoms with E-state index in [4.69, 9.17) is 4.74 Å². The van der Waals surface area contributed by atoms with Crippen molar-refractivity contribution in [3.05, 3.63) is 35.9 Å². The molecule has 3 rings (SSSR count). The third-order valence-corrected chi connectivity index (χ3v) is 4.87. The average molecular weight is 326 g/mol. The van der Waals surface area contributed by atoms with E-state index in [1.54, 1.807) is 7.11 Å². The molecule has 0 spiro atoms. The second kappa shape index (κ2) is 7.18. The number of ether oxygens (including phenoxy) is 1. The predicted octanol–water partition coefficient (Wildman–Crippen LogP) is 2.99. The monoisotopic (exact) mass is 326 g/mol. The SMILES string of the molecule is COc1cccc(C)c1-c1ccc(N(C)[C@@H]2CCCN(C)C2)nn1. The van der Waals surface area contributed by atoms with Crippen LogP contribution in [0.2, 0.25) is 0 Å². The average Bonchev–Trinajstić information content (AvgIpc) is 2.61. The van der Waals surface area contributed by atoms with E-state index in [1.165, 1.54) is 19.4 Å². The summed E-state index contributed by atoms with van der Waals surface area (Å²) in [4.78, 5) is 4.63. The zero-order chi connectivity index (χ0) is 17.1. The van der Waals surface area contributed by atoms with E-state index in [2.05, 4.69) is 53.1 Å². The maximum absolute atomic E-state index is 5.48. The van der Waals surface area contributed by atoms with E-state index in [0.717, 1.165) is 34.9 Å². The molecule has 1 aliphatic rings. The molecule has 0 saturated carbocycles. The minimum atomic E-state index is 0.497. The van der Waals surface area contributed by atoms with Crippen LogP contribution in [0.1, 0.15) is 18.4 Å². The van der Waals surface area contributed by atoms with Gasteiger partial charge in [0.1, 0.15) is 5.75 Å². The number of piperidine rings is 1. The van der Waals surface area contributed by atoms with Crippen molar-refractivity contribution >= 4 is 5.82 Å². The third-order valence-electron chi connectivity index (χ3n) is 4.87. The van der Waals surface area contributed by atoms with Crippen LogP contribution in [0.5, 0.6) is 5.75 Å². The molecule has 2 aromatic rings. The highest BCUT2D eigenvalue weighted by molar-refractivity contribution is 5.71. The largest absolute Gasteiger partial charge is 0.496 e. The maximum atomic E-state index is 5.48. The van der Waals surface area contributed by atoms with Crippen molar-refractivity contribution in [3.63, 3.8) is 0 Å². The Hall–Kier alpha value is -2.14. The summed E-state index contributed by atoms with van der Waals surface area (Å²) in [5, 5.41) is 8.94. The number of likely N-dealkylation sites (tertiary alicyclic amines) is 1. The second-order valence-corrected chi connectivity index (χ2v) is 6.60. The molecule has 5 nitrogen and oxygen atoms in total. The van der Waals surface area contributed by atoms with Gasteiger partial charge in [0.15, 0.2) is 5.82 Å². The quantitative estimate of drug-likeness (QED) is 0.864. The van der Waals surface area contributed by atoms with Crippen molar-refractivity contribution in [2.45, 2.75) is 25.8 Å². The molecule has 1 atom stereocenters. The minimum Gasteiger partial charge on any atom is -0.496 e. The normalized spacial score (nSPS) is 18.4. The van der Waals surface area contributed by atoms with Gasteiger partial charge in [0.25, 0.3) is 0 Å². The van der Waals surface area contributed by atoms with Crippen LogP contribution in [0, 0.1) is 6.92 Å². The lowest BCUT2D eigenvalue weighted by Crippen LogP contribution is -2.45. The van der Waals surface area contributed by atoms with Crippen molar-refractivity contribution < 1.29 is 4.74 Å². The van der Waals surface area contributed by atoms with Crippen LogP contribution in [0.3, 0.4) is 0 Å². The van der Waals surface area contributed by atoms with Crippen LogP contribution in [0.4, 0.5) is 5.82 Å².